The zero-order valence-electron chi connectivity index (χ0n) is 10.4. The number of halogens is 1. The van der Waals surface area contributed by atoms with E-state index in [1.54, 1.807) is 18.4 Å². The van der Waals surface area contributed by atoms with Gasteiger partial charge in [0.15, 0.2) is 0 Å². The van der Waals surface area contributed by atoms with Crippen LogP contribution in [0.5, 0.6) is 5.75 Å². The first kappa shape index (κ1) is 13.5. The lowest BCUT2D eigenvalue weighted by atomic mass is 10.2. The summed E-state index contributed by atoms with van der Waals surface area (Å²) >= 11 is 5.22. The maximum Gasteiger partial charge on any atom is 0.119 e. The van der Waals surface area contributed by atoms with Gasteiger partial charge in [-0.15, -0.1) is 11.3 Å². The minimum atomic E-state index is 0.786. The number of aromatic nitrogens is 1. The molecule has 0 saturated heterocycles. The number of benzene rings is 1. The van der Waals surface area contributed by atoms with E-state index in [-0.39, 0.29) is 0 Å². The molecule has 5 heteroatoms. The van der Waals surface area contributed by atoms with Gasteiger partial charge in [-0.25, -0.2) is 4.98 Å². The standard InChI is InChI=1S/C13H15BrN2OS/c1-9-16-11(8-18-9)7-15-6-10-5-12(17-2)3-4-13(10)14/h3-5,8,15H,6-7H2,1-2H3. The molecule has 0 aliphatic rings. The molecule has 0 unspecified atom stereocenters. The number of thiazole rings is 1. The Morgan fingerprint density at radius 1 is 1.39 bits per heavy atom. The smallest absolute Gasteiger partial charge is 0.119 e. The molecule has 96 valence electrons. The lowest BCUT2D eigenvalue weighted by Gasteiger charge is -2.08. The van der Waals surface area contributed by atoms with Crippen molar-refractivity contribution in [3.63, 3.8) is 0 Å². The summed E-state index contributed by atoms with van der Waals surface area (Å²) in [4.78, 5) is 4.42. The summed E-state index contributed by atoms with van der Waals surface area (Å²) in [5.41, 5.74) is 2.28. The first-order valence-corrected chi connectivity index (χ1v) is 7.30. The number of aryl methyl sites for hydroxylation is 1. The number of nitrogens with zero attached hydrogens (tertiary/aromatic N) is 1. The van der Waals surface area contributed by atoms with Crippen molar-refractivity contribution in [3.8, 4) is 5.75 Å². The molecule has 0 bridgehead atoms. The summed E-state index contributed by atoms with van der Waals surface area (Å²) in [6.45, 7) is 3.59. The summed E-state index contributed by atoms with van der Waals surface area (Å²) < 4.78 is 6.31. The molecule has 1 aromatic heterocycles. The summed E-state index contributed by atoms with van der Waals surface area (Å²) in [6, 6.07) is 5.98. The van der Waals surface area contributed by atoms with Crippen molar-refractivity contribution in [1.29, 1.82) is 0 Å². The molecule has 0 radical (unpaired) electrons. The molecule has 2 aromatic rings. The van der Waals surface area contributed by atoms with Gasteiger partial charge in [0, 0.05) is 22.9 Å². The molecule has 1 N–H and O–H groups in total. The fraction of sp³-hybridized carbons (Fsp3) is 0.308. The summed E-state index contributed by atoms with van der Waals surface area (Å²) in [7, 11) is 1.68. The van der Waals surface area contributed by atoms with Crippen LogP contribution in [0.2, 0.25) is 0 Å². The van der Waals surface area contributed by atoms with Crippen LogP contribution in [0, 0.1) is 6.92 Å². The second-order valence-corrected chi connectivity index (χ2v) is 5.84. The fourth-order valence-corrected chi connectivity index (χ4v) is 2.63. The highest BCUT2D eigenvalue weighted by Crippen LogP contribution is 2.22. The molecular formula is C13H15BrN2OS. The highest BCUT2D eigenvalue weighted by Gasteiger charge is 2.03. The Bertz CT molecular complexity index is 527. The minimum absolute atomic E-state index is 0.786. The Balaban J connectivity index is 1.93. The molecule has 0 fully saturated rings. The van der Waals surface area contributed by atoms with Gasteiger partial charge < -0.3 is 10.1 Å². The molecule has 1 heterocycles. The monoisotopic (exact) mass is 326 g/mol. The van der Waals surface area contributed by atoms with Gasteiger partial charge in [0.2, 0.25) is 0 Å². The van der Waals surface area contributed by atoms with Crippen molar-refractivity contribution in [2.24, 2.45) is 0 Å². The molecule has 0 saturated carbocycles. The zero-order valence-corrected chi connectivity index (χ0v) is 12.8. The summed E-state index contributed by atoms with van der Waals surface area (Å²) in [5.74, 6) is 0.875. The van der Waals surface area contributed by atoms with E-state index in [2.05, 4.69) is 31.6 Å². The molecule has 0 aliphatic carbocycles. The van der Waals surface area contributed by atoms with Gasteiger partial charge >= 0.3 is 0 Å². The summed E-state index contributed by atoms with van der Waals surface area (Å²) in [5, 5.41) is 6.57. The van der Waals surface area contributed by atoms with Gasteiger partial charge in [-0.1, -0.05) is 15.9 Å². The predicted octanol–water partition coefficient (Wildman–Crippen LogP) is 3.51. The number of hydrogen-bond acceptors (Lipinski definition) is 4. The van der Waals surface area contributed by atoms with Crippen molar-refractivity contribution < 1.29 is 4.74 Å². The SMILES string of the molecule is COc1ccc(Br)c(CNCc2csc(C)n2)c1. The Morgan fingerprint density at radius 2 is 2.22 bits per heavy atom. The van der Waals surface area contributed by atoms with Crippen molar-refractivity contribution in [2.75, 3.05) is 7.11 Å². The van der Waals surface area contributed by atoms with Gasteiger partial charge in [0.1, 0.15) is 5.75 Å². The van der Waals surface area contributed by atoms with E-state index in [4.69, 9.17) is 4.74 Å². The van der Waals surface area contributed by atoms with Crippen LogP contribution in [0.4, 0.5) is 0 Å². The normalized spacial score (nSPS) is 10.6. The van der Waals surface area contributed by atoms with Crippen LogP contribution in [-0.2, 0) is 13.1 Å². The second-order valence-electron chi connectivity index (χ2n) is 3.92. The van der Waals surface area contributed by atoms with Crippen molar-refractivity contribution in [2.45, 2.75) is 20.0 Å². The van der Waals surface area contributed by atoms with Crippen LogP contribution in [0.25, 0.3) is 0 Å². The van der Waals surface area contributed by atoms with Crippen LogP contribution in [0.3, 0.4) is 0 Å². The topological polar surface area (TPSA) is 34.1 Å². The molecule has 0 atom stereocenters. The zero-order chi connectivity index (χ0) is 13.0. The molecule has 0 aliphatic heterocycles. The van der Waals surface area contributed by atoms with E-state index in [0.29, 0.717) is 0 Å². The van der Waals surface area contributed by atoms with E-state index in [1.165, 1.54) is 5.56 Å². The first-order valence-electron chi connectivity index (χ1n) is 5.63. The van der Waals surface area contributed by atoms with Gasteiger partial charge in [-0.2, -0.15) is 0 Å². The second kappa shape index (κ2) is 6.31. The third-order valence-electron chi connectivity index (χ3n) is 2.54. The number of hydrogen-bond donors (Lipinski definition) is 1. The molecule has 0 amide bonds. The average Bonchev–Trinajstić information content (AvgIpc) is 2.77. The highest BCUT2D eigenvalue weighted by molar-refractivity contribution is 9.10. The van der Waals surface area contributed by atoms with E-state index < -0.39 is 0 Å². The van der Waals surface area contributed by atoms with Crippen LogP contribution in [0.15, 0.2) is 28.1 Å². The van der Waals surface area contributed by atoms with Crippen LogP contribution in [0.1, 0.15) is 16.3 Å². The molecule has 3 nitrogen and oxygen atoms in total. The van der Waals surface area contributed by atoms with Gasteiger partial charge in [-0.3, -0.25) is 0 Å². The van der Waals surface area contributed by atoms with E-state index >= 15 is 0 Å². The number of ether oxygens (including phenoxy) is 1. The third kappa shape index (κ3) is 3.54. The van der Waals surface area contributed by atoms with Gasteiger partial charge in [0.05, 0.1) is 17.8 Å². The number of rotatable bonds is 5. The Kier molecular flexibility index (Phi) is 4.74. The molecule has 18 heavy (non-hydrogen) atoms. The minimum Gasteiger partial charge on any atom is -0.497 e. The lowest BCUT2D eigenvalue weighted by molar-refractivity contribution is 0.414. The van der Waals surface area contributed by atoms with E-state index in [0.717, 1.165) is 34.0 Å². The Hall–Kier alpha value is -0.910. The van der Waals surface area contributed by atoms with E-state index in [1.807, 2.05) is 25.1 Å². The Morgan fingerprint density at radius 3 is 2.89 bits per heavy atom. The van der Waals surface area contributed by atoms with Crippen molar-refractivity contribution in [1.82, 2.24) is 10.3 Å². The van der Waals surface area contributed by atoms with Crippen molar-refractivity contribution >= 4 is 27.3 Å². The van der Waals surface area contributed by atoms with Crippen LogP contribution in [-0.4, -0.2) is 12.1 Å². The molecule has 2 rings (SSSR count). The maximum atomic E-state index is 5.22. The van der Waals surface area contributed by atoms with Gasteiger partial charge in [-0.05, 0) is 30.7 Å². The fourth-order valence-electron chi connectivity index (χ4n) is 1.63. The number of nitrogens with one attached hydrogen (secondary N) is 1. The number of methoxy groups -OCH3 is 1. The van der Waals surface area contributed by atoms with E-state index in [9.17, 15) is 0 Å². The predicted molar refractivity (Wildman–Crippen MR) is 78.1 cm³/mol. The summed E-state index contributed by atoms with van der Waals surface area (Å²) in [6.07, 6.45) is 0. The average molecular weight is 327 g/mol. The lowest BCUT2D eigenvalue weighted by Crippen LogP contribution is -2.13. The van der Waals surface area contributed by atoms with Crippen LogP contribution >= 0.6 is 27.3 Å². The molecule has 1 aromatic carbocycles. The first-order chi connectivity index (χ1) is 8.69. The van der Waals surface area contributed by atoms with Gasteiger partial charge in [0.25, 0.3) is 0 Å². The van der Waals surface area contributed by atoms with Crippen molar-refractivity contribution in [3.05, 3.63) is 44.3 Å². The third-order valence-corrected chi connectivity index (χ3v) is 4.14. The molecular weight excluding hydrogens is 312 g/mol. The van der Waals surface area contributed by atoms with Crippen LogP contribution < -0.4 is 10.1 Å². The Labute approximate surface area is 119 Å². The maximum absolute atomic E-state index is 5.22. The molecule has 0 spiro atoms. The highest BCUT2D eigenvalue weighted by atomic mass is 79.9. The largest absolute Gasteiger partial charge is 0.497 e. The quantitative estimate of drug-likeness (QED) is 0.912.